The lowest BCUT2D eigenvalue weighted by molar-refractivity contribution is -0.142. The summed E-state index contributed by atoms with van der Waals surface area (Å²) in [5, 5.41) is 4.15. The fourth-order valence-corrected chi connectivity index (χ4v) is 6.03. The number of rotatable bonds is 2. The molecule has 0 unspecified atom stereocenters. The van der Waals surface area contributed by atoms with Crippen LogP contribution in [0.2, 0.25) is 0 Å². The number of carbonyl (C=O) groups excluding carboxylic acids is 1. The maximum Gasteiger partial charge on any atom is 0.433 e. The number of fused-ring (bicyclic) bond motifs is 1. The zero-order valence-electron chi connectivity index (χ0n) is 20.6. The molecule has 202 valence electrons. The Kier molecular flexibility index (Phi) is 5.07. The largest absolute Gasteiger partial charge is 0.444 e. The number of hydrogen-bond acceptors (Lipinski definition) is 5. The molecule has 4 heterocycles. The summed E-state index contributed by atoms with van der Waals surface area (Å²) in [7, 11) is 0. The van der Waals surface area contributed by atoms with Crippen LogP contribution in [0.4, 0.5) is 37.1 Å². The smallest absolute Gasteiger partial charge is 0.433 e. The number of halogens is 6. The van der Waals surface area contributed by atoms with E-state index in [9.17, 15) is 31.1 Å². The SMILES string of the molecule is CC(C)(C)OC(=O)N1C[C@@H]2CC[C@]3(C1)[C@H]2N3c1nc2c(-c3ccc(F)c(F)c3F)ccc(C(F)(F)F)n2n1. The van der Waals surface area contributed by atoms with E-state index in [4.69, 9.17) is 4.74 Å². The minimum atomic E-state index is -4.81. The molecule has 7 nitrogen and oxygen atoms in total. The summed E-state index contributed by atoms with van der Waals surface area (Å²) in [6.07, 6.45) is -3.77. The maximum absolute atomic E-state index is 14.6. The van der Waals surface area contributed by atoms with Gasteiger partial charge >= 0.3 is 12.3 Å². The van der Waals surface area contributed by atoms with E-state index in [0.29, 0.717) is 36.2 Å². The number of amides is 1. The molecule has 13 heteroatoms. The van der Waals surface area contributed by atoms with Gasteiger partial charge in [0.25, 0.3) is 0 Å². The van der Waals surface area contributed by atoms with Crippen molar-refractivity contribution in [3.05, 3.63) is 47.4 Å². The number of alkyl halides is 3. The molecule has 1 aliphatic carbocycles. The molecule has 3 fully saturated rings. The Hall–Kier alpha value is -3.51. The van der Waals surface area contributed by atoms with Crippen molar-refractivity contribution in [1.82, 2.24) is 19.5 Å². The van der Waals surface area contributed by atoms with Crippen LogP contribution in [0.5, 0.6) is 0 Å². The molecule has 2 bridgehead atoms. The van der Waals surface area contributed by atoms with E-state index in [-0.39, 0.29) is 29.1 Å². The average Bonchev–Trinajstić information content (AvgIpc) is 3.18. The lowest BCUT2D eigenvalue weighted by atomic mass is 9.99. The molecular formula is C25H23F6N5O2. The number of anilines is 1. The minimum Gasteiger partial charge on any atom is -0.444 e. The fourth-order valence-electron chi connectivity index (χ4n) is 6.03. The third-order valence-electron chi connectivity index (χ3n) is 7.51. The van der Waals surface area contributed by atoms with Gasteiger partial charge < -0.3 is 14.5 Å². The Balaban J connectivity index is 1.42. The van der Waals surface area contributed by atoms with E-state index >= 15 is 0 Å². The second kappa shape index (κ2) is 7.76. The second-order valence-corrected chi connectivity index (χ2v) is 11.1. The summed E-state index contributed by atoms with van der Waals surface area (Å²) in [4.78, 5) is 20.5. The Morgan fingerprint density at radius 3 is 2.45 bits per heavy atom. The van der Waals surface area contributed by atoms with Gasteiger partial charge in [0.05, 0.1) is 11.6 Å². The van der Waals surface area contributed by atoms with Crippen LogP contribution in [-0.2, 0) is 10.9 Å². The Labute approximate surface area is 213 Å². The number of hydrogen-bond donors (Lipinski definition) is 0. The van der Waals surface area contributed by atoms with Crippen LogP contribution in [-0.4, -0.2) is 55.9 Å². The summed E-state index contributed by atoms with van der Waals surface area (Å²) >= 11 is 0. The standard InChI is InChI=1S/C25H23F6N5O2/c1-23(2,3)38-22(37)34-10-12-8-9-24(11-34)19(12)35(24)21-32-20-14(13-4-6-15(26)18(28)17(13)27)5-7-16(25(29,30)31)36(20)33-21/h4-7,12,19H,8-11H2,1-3H3/t12-,19-,24-,35?/m0/s1. The van der Waals surface area contributed by atoms with Gasteiger partial charge in [-0.2, -0.15) is 18.2 Å². The highest BCUT2D eigenvalue weighted by atomic mass is 19.4. The molecule has 1 aromatic carbocycles. The van der Waals surface area contributed by atoms with E-state index in [1.807, 2.05) is 4.90 Å². The zero-order chi connectivity index (χ0) is 27.4. The van der Waals surface area contributed by atoms with Crippen LogP contribution in [0.3, 0.4) is 0 Å². The molecule has 2 saturated heterocycles. The lowest BCUT2D eigenvalue weighted by Crippen LogP contribution is -2.47. The van der Waals surface area contributed by atoms with Crippen LogP contribution in [0, 0.1) is 23.4 Å². The Morgan fingerprint density at radius 2 is 1.76 bits per heavy atom. The summed E-state index contributed by atoms with van der Waals surface area (Å²) in [5.41, 5.74) is -3.34. The predicted molar refractivity (Wildman–Crippen MR) is 123 cm³/mol. The Bertz CT molecular complexity index is 1480. The highest BCUT2D eigenvalue weighted by Gasteiger charge is 2.73. The molecular weight excluding hydrogens is 516 g/mol. The van der Waals surface area contributed by atoms with Gasteiger partial charge in [0.15, 0.2) is 23.1 Å². The van der Waals surface area contributed by atoms with Crippen molar-refractivity contribution >= 4 is 17.7 Å². The lowest BCUT2D eigenvalue weighted by Gasteiger charge is -2.31. The van der Waals surface area contributed by atoms with E-state index in [0.717, 1.165) is 18.6 Å². The van der Waals surface area contributed by atoms with Gasteiger partial charge in [-0.25, -0.2) is 22.5 Å². The van der Waals surface area contributed by atoms with Gasteiger partial charge in [0.1, 0.15) is 11.3 Å². The number of piperidine rings is 2. The number of pyridine rings is 1. The molecule has 3 aliphatic rings. The molecule has 3 aromatic rings. The molecule has 2 aliphatic heterocycles. The molecule has 0 N–H and O–H groups in total. The van der Waals surface area contributed by atoms with Crippen LogP contribution >= 0.6 is 0 Å². The van der Waals surface area contributed by atoms with Crippen LogP contribution in [0.15, 0.2) is 24.3 Å². The van der Waals surface area contributed by atoms with E-state index in [2.05, 4.69) is 10.1 Å². The first-order valence-corrected chi connectivity index (χ1v) is 12.1. The van der Waals surface area contributed by atoms with Crippen molar-refractivity contribution in [2.24, 2.45) is 5.92 Å². The third-order valence-corrected chi connectivity index (χ3v) is 7.51. The molecule has 1 saturated carbocycles. The zero-order valence-corrected chi connectivity index (χ0v) is 20.6. The summed E-state index contributed by atoms with van der Waals surface area (Å²) in [6.45, 7) is 6.03. The first kappa shape index (κ1) is 24.8. The van der Waals surface area contributed by atoms with E-state index < -0.39 is 52.1 Å². The van der Waals surface area contributed by atoms with Crippen LogP contribution in [0.25, 0.3) is 16.8 Å². The van der Waals surface area contributed by atoms with Gasteiger partial charge in [-0.1, -0.05) is 0 Å². The normalized spacial score (nSPS) is 24.7. The number of ether oxygens (including phenoxy) is 1. The highest BCUT2D eigenvalue weighted by Crippen LogP contribution is 2.60. The summed E-state index contributed by atoms with van der Waals surface area (Å²) < 4.78 is 89.8. The van der Waals surface area contributed by atoms with Crippen molar-refractivity contribution in [1.29, 1.82) is 0 Å². The highest BCUT2D eigenvalue weighted by molar-refractivity contribution is 5.79. The third kappa shape index (κ3) is 3.61. The molecule has 3 atom stereocenters. The van der Waals surface area contributed by atoms with Crippen molar-refractivity contribution in [2.75, 3.05) is 18.0 Å². The van der Waals surface area contributed by atoms with Gasteiger partial charge in [-0.05, 0) is 63.8 Å². The number of benzene rings is 1. The first-order valence-electron chi connectivity index (χ1n) is 12.1. The number of likely N-dealkylation sites (tertiary alicyclic amines) is 1. The Morgan fingerprint density at radius 1 is 1.05 bits per heavy atom. The van der Waals surface area contributed by atoms with Gasteiger partial charge in [-0.15, -0.1) is 5.10 Å². The molecule has 0 radical (unpaired) electrons. The number of carbonyl (C=O) groups is 1. The molecule has 2 aromatic heterocycles. The predicted octanol–water partition coefficient (Wildman–Crippen LogP) is 5.42. The van der Waals surface area contributed by atoms with Crippen molar-refractivity contribution < 1.29 is 35.9 Å². The summed E-state index contributed by atoms with van der Waals surface area (Å²) in [6, 6.07) is 3.24. The maximum atomic E-state index is 14.6. The molecule has 38 heavy (non-hydrogen) atoms. The first-order chi connectivity index (χ1) is 17.7. The molecule has 1 amide bonds. The fraction of sp³-hybridized carbons (Fsp3) is 0.480. The van der Waals surface area contributed by atoms with Crippen LogP contribution in [0.1, 0.15) is 39.3 Å². The molecule has 6 rings (SSSR count). The van der Waals surface area contributed by atoms with E-state index in [1.165, 1.54) is 0 Å². The second-order valence-electron chi connectivity index (χ2n) is 11.1. The average molecular weight is 539 g/mol. The number of nitrogens with zero attached hydrogens (tertiary/aromatic N) is 5. The van der Waals surface area contributed by atoms with E-state index in [1.54, 1.807) is 25.7 Å². The van der Waals surface area contributed by atoms with Crippen LogP contribution < -0.4 is 4.90 Å². The minimum absolute atomic E-state index is 0.00770. The monoisotopic (exact) mass is 539 g/mol. The van der Waals surface area contributed by atoms with Gasteiger partial charge in [0, 0.05) is 24.2 Å². The van der Waals surface area contributed by atoms with Gasteiger partial charge in [-0.3, -0.25) is 0 Å². The summed E-state index contributed by atoms with van der Waals surface area (Å²) in [5.74, 6) is -4.66. The quantitative estimate of drug-likeness (QED) is 0.247. The van der Waals surface area contributed by atoms with Gasteiger partial charge in [0.2, 0.25) is 5.95 Å². The van der Waals surface area contributed by atoms with Crippen molar-refractivity contribution in [2.45, 2.75) is 57.0 Å². The number of aromatic nitrogens is 3. The molecule has 0 spiro atoms. The van der Waals surface area contributed by atoms with Crippen molar-refractivity contribution in [3.63, 3.8) is 0 Å². The topological polar surface area (TPSA) is 62.7 Å². The van der Waals surface area contributed by atoms with Crippen molar-refractivity contribution in [3.8, 4) is 11.1 Å².